The number of ether oxygens (including phenoxy) is 1. The van der Waals surface area contributed by atoms with Gasteiger partial charge in [-0.15, -0.1) is 0 Å². The van der Waals surface area contributed by atoms with Gasteiger partial charge in [0.1, 0.15) is 17.3 Å². The van der Waals surface area contributed by atoms with Crippen molar-refractivity contribution < 1.29 is 18.1 Å². The second-order valence-corrected chi connectivity index (χ2v) is 8.62. The molecule has 1 fully saturated rings. The van der Waals surface area contributed by atoms with Crippen molar-refractivity contribution in [1.29, 1.82) is 0 Å². The van der Waals surface area contributed by atoms with Gasteiger partial charge in [0.15, 0.2) is 0 Å². The summed E-state index contributed by atoms with van der Waals surface area (Å²) in [6, 6.07) is 10.7. The molecular weight excluding hydrogens is 406 g/mol. The Balaban J connectivity index is 1.74. The van der Waals surface area contributed by atoms with E-state index in [1.807, 2.05) is 0 Å². The summed E-state index contributed by atoms with van der Waals surface area (Å²) in [7, 11) is -3.81. The highest BCUT2D eigenvalue weighted by atomic mass is 35.5. The third kappa shape index (κ3) is 4.73. The van der Waals surface area contributed by atoms with Crippen LogP contribution in [0.4, 0.5) is 11.4 Å². The Morgan fingerprint density at radius 1 is 1.14 bits per heavy atom. The van der Waals surface area contributed by atoms with Crippen LogP contribution < -0.4 is 10.1 Å². The third-order valence-corrected chi connectivity index (χ3v) is 6.55. The molecule has 0 bridgehead atoms. The van der Waals surface area contributed by atoms with E-state index in [0.717, 1.165) is 18.9 Å². The van der Waals surface area contributed by atoms with E-state index in [1.165, 1.54) is 16.4 Å². The number of nitro groups is 1. The fourth-order valence-corrected chi connectivity index (χ4v) is 4.77. The highest BCUT2D eigenvalue weighted by Gasteiger charge is 2.30. The van der Waals surface area contributed by atoms with Gasteiger partial charge >= 0.3 is 0 Å². The number of sulfonamides is 1. The average molecular weight is 426 g/mol. The van der Waals surface area contributed by atoms with E-state index in [1.54, 1.807) is 24.3 Å². The molecule has 8 nitrogen and oxygen atoms in total. The Bertz CT molecular complexity index is 944. The van der Waals surface area contributed by atoms with E-state index < -0.39 is 14.9 Å². The lowest BCUT2D eigenvalue weighted by atomic mass is 10.3. The molecular formula is C18H20ClN3O5S. The zero-order valence-corrected chi connectivity index (χ0v) is 16.6. The monoisotopic (exact) mass is 425 g/mol. The predicted molar refractivity (Wildman–Crippen MR) is 107 cm³/mol. The van der Waals surface area contributed by atoms with E-state index in [9.17, 15) is 18.5 Å². The fourth-order valence-electron chi connectivity index (χ4n) is 2.94. The first-order valence-corrected chi connectivity index (χ1v) is 10.6. The molecule has 0 unspecified atom stereocenters. The Morgan fingerprint density at radius 2 is 1.82 bits per heavy atom. The maximum atomic E-state index is 12.9. The van der Waals surface area contributed by atoms with Crippen molar-refractivity contribution in [3.8, 4) is 5.75 Å². The molecule has 0 aromatic heterocycles. The summed E-state index contributed by atoms with van der Waals surface area (Å²) in [6.07, 6.45) is 1.57. The van der Waals surface area contributed by atoms with Crippen LogP contribution in [0.25, 0.3) is 0 Å². The summed E-state index contributed by atoms with van der Waals surface area (Å²) < 4.78 is 32.8. The molecule has 3 rings (SSSR count). The topological polar surface area (TPSA) is 102 Å². The van der Waals surface area contributed by atoms with Gasteiger partial charge in [-0.2, -0.15) is 4.31 Å². The second-order valence-electron chi connectivity index (χ2n) is 6.28. The molecule has 0 spiro atoms. The van der Waals surface area contributed by atoms with E-state index in [-0.39, 0.29) is 17.2 Å². The number of benzene rings is 2. The van der Waals surface area contributed by atoms with E-state index in [2.05, 4.69) is 5.32 Å². The zero-order valence-electron chi connectivity index (χ0n) is 15.0. The quantitative estimate of drug-likeness (QED) is 0.394. The van der Waals surface area contributed by atoms with Crippen LogP contribution in [-0.4, -0.2) is 43.9 Å². The Morgan fingerprint density at radius 3 is 2.46 bits per heavy atom. The van der Waals surface area contributed by atoms with Gasteiger partial charge in [-0.25, -0.2) is 8.42 Å². The number of halogens is 1. The first-order valence-electron chi connectivity index (χ1n) is 8.79. The van der Waals surface area contributed by atoms with Crippen LogP contribution in [0.1, 0.15) is 12.8 Å². The van der Waals surface area contributed by atoms with Crippen molar-refractivity contribution in [3.05, 3.63) is 57.6 Å². The highest BCUT2D eigenvalue weighted by molar-refractivity contribution is 7.89. The predicted octanol–water partition coefficient (Wildman–Crippen LogP) is 3.52. The van der Waals surface area contributed by atoms with Crippen molar-refractivity contribution in [2.45, 2.75) is 17.7 Å². The normalized spacial score (nSPS) is 14.8. The number of rotatable bonds is 8. The maximum Gasteiger partial charge on any atom is 0.270 e. The lowest BCUT2D eigenvalue weighted by molar-refractivity contribution is -0.385. The van der Waals surface area contributed by atoms with Crippen LogP contribution >= 0.6 is 11.6 Å². The van der Waals surface area contributed by atoms with Crippen LogP contribution in [0.15, 0.2) is 47.4 Å². The van der Waals surface area contributed by atoms with Crippen LogP contribution in [0.2, 0.25) is 5.02 Å². The van der Waals surface area contributed by atoms with Crippen LogP contribution in [0.5, 0.6) is 5.75 Å². The van der Waals surface area contributed by atoms with Gasteiger partial charge in [0.2, 0.25) is 10.0 Å². The molecule has 0 saturated carbocycles. The van der Waals surface area contributed by atoms with Gasteiger partial charge in [-0.05, 0) is 43.2 Å². The van der Waals surface area contributed by atoms with Gasteiger partial charge in [-0.1, -0.05) is 11.6 Å². The molecule has 1 saturated heterocycles. The van der Waals surface area contributed by atoms with Crippen molar-refractivity contribution in [3.63, 3.8) is 0 Å². The highest BCUT2D eigenvalue weighted by Crippen LogP contribution is 2.30. The number of nitrogens with one attached hydrogen (secondary N) is 1. The van der Waals surface area contributed by atoms with Gasteiger partial charge in [0, 0.05) is 36.8 Å². The van der Waals surface area contributed by atoms with Gasteiger partial charge in [-0.3, -0.25) is 10.1 Å². The van der Waals surface area contributed by atoms with Gasteiger partial charge in [0.25, 0.3) is 5.69 Å². The summed E-state index contributed by atoms with van der Waals surface area (Å²) >= 11 is 5.83. The standard InChI is InChI=1S/C18H20ClN3O5S/c19-14-3-6-16(7-4-14)27-12-9-20-17-8-5-15(22(23)24)13-18(17)28(25,26)21-10-1-2-11-21/h3-8,13,20H,1-2,9-12H2. The summed E-state index contributed by atoms with van der Waals surface area (Å²) in [6.45, 7) is 1.44. The number of hydrogen-bond donors (Lipinski definition) is 1. The molecule has 0 atom stereocenters. The maximum absolute atomic E-state index is 12.9. The van der Waals surface area contributed by atoms with Gasteiger partial charge in [0.05, 0.1) is 10.6 Å². The lowest BCUT2D eigenvalue weighted by Gasteiger charge is -2.19. The SMILES string of the molecule is O=[N+]([O-])c1ccc(NCCOc2ccc(Cl)cc2)c(S(=O)(=O)N2CCCC2)c1. The summed E-state index contributed by atoms with van der Waals surface area (Å²) in [4.78, 5) is 10.4. The fraction of sp³-hybridized carbons (Fsp3) is 0.333. The van der Waals surface area contributed by atoms with E-state index >= 15 is 0 Å². The van der Waals surface area contributed by atoms with Crippen LogP contribution in [0.3, 0.4) is 0 Å². The van der Waals surface area contributed by atoms with Gasteiger partial charge < -0.3 is 10.1 Å². The van der Waals surface area contributed by atoms with E-state index in [0.29, 0.717) is 36.1 Å². The average Bonchev–Trinajstić information content (AvgIpc) is 3.22. The molecule has 10 heteroatoms. The molecule has 1 heterocycles. The molecule has 0 radical (unpaired) electrons. The smallest absolute Gasteiger partial charge is 0.270 e. The lowest BCUT2D eigenvalue weighted by Crippen LogP contribution is -2.29. The minimum Gasteiger partial charge on any atom is -0.492 e. The van der Waals surface area contributed by atoms with Crippen molar-refractivity contribution >= 4 is 33.0 Å². The number of hydrogen-bond acceptors (Lipinski definition) is 6. The first-order chi connectivity index (χ1) is 13.4. The number of non-ortho nitro benzene ring substituents is 1. The minimum absolute atomic E-state index is 0.0879. The Kier molecular flexibility index (Phi) is 6.38. The molecule has 1 N–H and O–H groups in total. The Labute approximate surface area is 168 Å². The van der Waals surface area contributed by atoms with E-state index in [4.69, 9.17) is 16.3 Å². The second kappa shape index (κ2) is 8.76. The third-order valence-electron chi connectivity index (χ3n) is 4.36. The molecule has 2 aromatic carbocycles. The first kappa shape index (κ1) is 20.4. The molecule has 0 amide bonds. The zero-order chi connectivity index (χ0) is 20.1. The molecule has 2 aromatic rings. The number of nitro benzene ring substituents is 1. The molecule has 28 heavy (non-hydrogen) atoms. The van der Waals surface area contributed by atoms with Crippen molar-refractivity contribution in [1.82, 2.24) is 4.31 Å². The molecule has 1 aliphatic rings. The van der Waals surface area contributed by atoms with Crippen LogP contribution in [-0.2, 0) is 10.0 Å². The largest absolute Gasteiger partial charge is 0.492 e. The molecule has 1 aliphatic heterocycles. The summed E-state index contributed by atoms with van der Waals surface area (Å²) in [5, 5.41) is 14.7. The van der Waals surface area contributed by atoms with Crippen LogP contribution in [0, 0.1) is 10.1 Å². The molecule has 0 aliphatic carbocycles. The minimum atomic E-state index is -3.81. The van der Waals surface area contributed by atoms with Crippen molar-refractivity contribution in [2.75, 3.05) is 31.6 Å². The summed E-state index contributed by atoms with van der Waals surface area (Å²) in [5.74, 6) is 0.639. The van der Waals surface area contributed by atoms with Crippen molar-refractivity contribution in [2.24, 2.45) is 0 Å². The number of anilines is 1. The number of nitrogens with zero attached hydrogens (tertiary/aromatic N) is 2. The molecule has 150 valence electrons. The summed E-state index contributed by atoms with van der Waals surface area (Å²) in [5.41, 5.74) is 0.0537. The Hall–Kier alpha value is -2.36.